The minimum atomic E-state index is -0.141. The van der Waals surface area contributed by atoms with Gasteiger partial charge >= 0.3 is 0 Å². The van der Waals surface area contributed by atoms with Crippen molar-refractivity contribution in [3.05, 3.63) is 18.7 Å². The van der Waals surface area contributed by atoms with E-state index in [0.717, 1.165) is 0 Å². The zero-order chi connectivity index (χ0) is 10.4. The van der Waals surface area contributed by atoms with Crippen molar-refractivity contribution in [1.82, 2.24) is 14.9 Å². The Morgan fingerprint density at radius 1 is 1.64 bits per heavy atom. The van der Waals surface area contributed by atoms with Crippen LogP contribution in [0.4, 0.5) is 0 Å². The first kappa shape index (κ1) is 10.6. The van der Waals surface area contributed by atoms with Gasteiger partial charge in [-0.2, -0.15) is 0 Å². The average molecular weight is 212 g/mol. The Hall–Kier alpha value is -1.43. The molecule has 0 spiro atoms. The van der Waals surface area contributed by atoms with Crippen LogP contribution in [0.2, 0.25) is 0 Å². The second kappa shape index (κ2) is 5.33. The first-order valence-corrected chi connectivity index (χ1v) is 4.60. The van der Waals surface area contributed by atoms with Crippen LogP contribution in [0.25, 0.3) is 0 Å². The second-order valence-corrected chi connectivity index (χ2v) is 3.32. The van der Waals surface area contributed by atoms with Crippen LogP contribution in [0.3, 0.4) is 0 Å². The molecule has 0 radical (unpaired) electrons. The Bertz CT molecular complexity index is 309. The highest BCUT2D eigenvalue weighted by Gasteiger charge is 2.01. The van der Waals surface area contributed by atoms with Gasteiger partial charge in [0.1, 0.15) is 0 Å². The number of aromatic nitrogens is 2. The van der Waals surface area contributed by atoms with E-state index < -0.39 is 0 Å². The molecule has 0 aromatic carbocycles. The lowest BCUT2D eigenvalue weighted by molar-refractivity contribution is -0.119. The molecule has 1 amide bonds. The molecule has 6 heteroatoms. The Balaban J connectivity index is 2.15. The summed E-state index contributed by atoms with van der Waals surface area (Å²) < 4.78 is 1.88. The van der Waals surface area contributed by atoms with Crippen LogP contribution in [-0.2, 0) is 11.3 Å². The molecular formula is C8H12N4OS. The molecule has 1 aromatic rings. The lowest BCUT2D eigenvalue weighted by Crippen LogP contribution is -2.30. The first-order chi connectivity index (χ1) is 6.68. The van der Waals surface area contributed by atoms with Crippen LogP contribution in [0.5, 0.6) is 0 Å². The lowest BCUT2D eigenvalue weighted by atomic mass is 10.4. The monoisotopic (exact) mass is 212 g/mol. The van der Waals surface area contributed by atoms with E-state index in [9.17, 15) is 4.79 Å². The summed E-state index contributed by atoms with van der Waals surface area (Å²) in [5, 5.41) is 2.70. The summed E-state index contributed by atoms with van der Waals surface area (Å²) in [7, 11) is 0. The van der Waals surface area contributed by atoms with Gasteiger partial charge in [0.15, 0.2) is 0 Å². The van der Waals surface area contributed by atoms with Crippen molar-refractivity contribution >= 4 is 23.1 Å². The maximum atomic E-state index is 11.1. The number of nitrogens with one attached hydrogen (secondary N) is 1. The van der Waals surface area contributed by atoms with Crippen LogP contribution in [0.15, 0.2) is 18.7 Å². The molecule has 0 aliphatic rings. The SMILES string of the molecule is NC(=S)CC(=O)NCCn1ccnc1. The summed E-state index contributed by atoms with van der Waals surface area (Å²) >= 11 is 4.60. The third-order valence-electron chi connectivity index (χ3n) is 1.59. The number of thiocarbonyl (C=S) groups is 1. The molecule has 0 bridgehead atoms. The highest BCUT2D eigenvalue weighted by molar-refractivity contribution is 7.80. The van der Waals surface area contributed by atoms with Crippen molar-refractivity contribution in [3.8, 4) is 0 Å². The van der Waals surface area contributed by atoms with E-state index >= 15 is 0 Å². The maximum absolute atomic E-state index is 11.1. The molecule has 1 aromatic heterocycles. The van der Waals surface area contributed by atoms with E-state index in [1.807, 2.05) is 10.8 Å². The van der Waals surface area contributed by atoms with Crippen molar-refractivity contribution in [1.29, 1.82) is 0 Å². The fourth-order valence-electron chi connectivity index (χ4n) is 0.964. The molecule has 76 valence electrons. The number of nitrogens with two attached hydrogens (primary N) is 1. The second-order valence-electron chi connectivity index (χ2n) is 2.79. The van der Waals surface area contributed by atoms with E-state index in [0.29, 0.717) is 13.1 Å². The number of hydrogen-bond donors (Lipinski definition) is 2. The van der Waals surface area contributed by atoms with E-state index in [-0.39, 0.29) is 17.3 Å². The van der Waals surface area contributed by atoms with Gasteiger partial charge < -0.3 is 15.6 Å². The van der Waals surface area contributed by atoms with Gasteiger partial charge in [-0.3, -0.25) is 4.79 Å². The Labute approximate surface area is 87.3 Å². The quantitative estimate of drug-likeness (QED) is 0.656. The first-order valence-electron chi connectivity index (χ1n) is 4.19. The van der Waals surface area contributed by atoms with Crippen molar-refractivity contribution < 1.29 is 4.79 Å². The summed E-state index contributed by atoms with van der Waals surface area (Å²) in [4.78, 5) is 15.2. The fourth-order valence-corrected chi connectivity index (χ4v) is 1.10. The van der Waals surface area contributed by atoms with Crippen LogP contribution in [0, 0.1) is 0 Å². The molecule has 3 N–H and O–H groups in total. The predicted molar refractivity (Wildman–Crippen MR) is 56.6 cm³/mol. The third-order valence-corrected chi connectivity index (χ3v) is 1.73. The Morgan fingerprint density at radius 3 is 3.00 bits per heavy atom. The van der Waals surface area contributed by atoms with Crippen LogP contribution < -0.4 is 11.1 Å². The molecule has 14 heavy (non-hydrogen) atoms. The highest BCUT2D eigenvalue weighted by atomic mass is 32.1. The van der Waals surface area contributed by atoms with Gasteiger partial charge in [0.05, 0.1) is 17.7 Å². The fraction of sp³-hybridized carbons (Fsp3) is 0.375. The zero-order valence-electron chi connectivity index (χ0n) is 7.64. The summed E-state index contributed by atoms with van der Waals surface area (Å²) in [5.74, 6) is -0.141. The molecule has 0 saturated heterocycles. The van der Waals surface area contributed by atoms with E-state index in [2.05, 4.69) is 22.5 Å². The number of rotatable bonds is 5. The molecule has 0 aliphatic carbocycles. The summed E-state index contributed by atoms with van der Waals surface area (Å²) in [6.07, 6.45) is 5.33. The summed E-state index contributed by atoms with van der Waals surface area (Å²) in [5.41, 5.74) is 5.22. The van der Waals surface area contributed by atoms with Gasteiger partial charge in [-0.15, -0.1) is 0 Å². The van der Waals surface area contributed by atoms with E-state index in [4.69, 9.17) is 5.73 Å². The van der Waals surface area contributed by atoms with Gasteiger partial charge in [0.2, 0.25) is 5.91 Å². The molecule has 0 atom stereocenters. The normalized spacial score (nSPS) is 9.71. The molecule has 0 saturated carbocycles. The lowest BCUT2D eigenvalue weighted by Gasteiger charge is -2.04. The molecule has 0 fully saturated rings. The Morgan fingerprint density at radius 2 is 2.43 bits per heavy atom. The van der Waals surface area contributed by atoms with Crippen LogP contribution in [-0.4, -0.2) is 27.0 Å². The molecule has 0 aliphatic heterocycles. The topological polar surface area (TPSA) is 72.9 Å². The van der Waals surface area contributed by atoms with Gasteiger partial charge in [-0.25, -0.2) is 4.98 Å². The van der Waals surface area contributed by atoms with Gasteiger partial charge in [-0.1, -0.05) is 12.2 Å². The third kappa shape index (κ3) is 3.99. The molecular weight excluding hydrogens is 200 g/mol. The standard InChI is InChI=1S/C8H12N4OS/c9-7(14)5-8(13)11-2-4-12-3-1-10-6-12/h1,3,6H,2,4-5H2,(H2,9,14)(H,11,13). The molecule has 0 unspecified atom stereocenters. The minimum Gasteiger partial charge on any atom is -0.393 e. The minimum absolute atomic E-state index is 0.110. The largest absolute Gasteiger partial charge is 0.393 e. The van der Waals surface area contributed by atoms with Gasteiger partial charge in [0, 0.05) is 25.5 Å². The smallest absolute Gasteiger partial charge is 0.226 e. The zero-order valence-corrected chi connectivity index (χ0v) is 8.46. The number of imidazole rings is 1. The van der Waals surface area contributed by atoms with Crippen LogP contribution >= 0.6 is 12.2 Å². The molecule has 1 rings (SSSR count). The summed E-state index contributed by atoms with van der Waals surface area (Å²) in [6.45, 7) is 1.25. The van der Waals surface area contributed by atoms with Crippen LogP contribution in [0.1, 0.15) is 6.42 Å². The Kier molecular flexibility index (Phi) is 4.06. The maximum Gasteiger partial charge on any atom is 0.226 e. The summed E-state index contributed by atoms with van der Waals surface area (Å²) in [6, 6.07) is 0. The number of carbonyl (C=O) groups excluding carboxylic acids is 1. The number of nitrogens with zero attached hydrogens (tertiary/aromatic N) is 2. The van der Waals surface area contributed by atoms with Crippen molar-refractivity contribution in [3.63, 3.8) is 0 Å². The van der Waals surface area contributed by atoms with Crippen molar-refractivity contribution in [2.45, 2.75) is 13.0 Å². The molecule has 1 heterocycles. The predicted octanol–water partition coefficient (Wildman–Crippen LogP) is -0.324. The van der Waals surface area contributed by atoms with Gasteiger partial charge in [0.25, 0.3) is 0 Å². The van der Waals surface area contributed by atoms with Crippen molar-refractivity contribution in [2.24, 2.45) is 5.73 Å². The average Bonchev–Trinajstić information content (AvgIpc) is 2.55. The van der Waals surface area contributed by atoms with Crippen molar-refractivity contribution in [2.75, 3.05) is 6.54 Å². The van der Waals surface area contributed by atoms with E-state index in [1.54, 1.807) is 12.5 Å². The van der Waals surface area contributed by atoms with Gasteiger partial charge in [-0.05, 0) is 0 Å². The van der Waals surface area contributed by atoms with E-state index in [1.165, 1.54) is 0 Å². The highest BCUT2D eigenvalue weighted by Crippen LogP contribution is 1.85. The number of amides is 1. The number of hydrogen-bond acceptors (Lipinski definition) is 3. The molecule has 5 nitrogen and oxygen atoms in total. The number of carbonyl (C=O) groups is 1.